The standard InChI is InChI=1S/C18H23Cl2NO3/c1-18(2,3)24-17(23)21-8-4-5-13(11-22)14(10-21)12-6-7-15(19)16(20)9-12/h6-7,9,22H,4-5,8,10-11H2,1-3H3. The van der Waals surface area contributed by atoms with E-state index in [-0.39, 0.29) is 12.7 Å². The lowest BCUT2D eigenvalue weighted by Gasteiger charge is -2.27. The average molecular weight is 372 g/mol. The van der Waals surface area contributed by atoms with Crippen LogP contribution in [0.15, 0.2) is 23.8 Å². The summed E-state index contributed by atoms with van der Waals surface area (Å²) in [6.45, 7) is 6.45. The highest BCUT2D eigenvalue weighted by Gasteiger charge is 2.26. The minimum absolute atomic E-state index is 0.0439. The fourth-order valence-corrected chi connectivity index (χ4v) is 2.95. The molecule has 0 bridgehead atoms. The molecule has 4 nitrogen and oxygen atoms in total. The smallest absolute Gasteiger partial charge is 0.410 e. The Morgan fingerprint density at radius 1 is 1.29 bits per heavy atom. The van der Waals surface area contributed by atoms with Gasteiger partial charge in [-0.05, 0) is 62.5 Å². The van der Waals surface area contributed by atoms with Gasteiger partial charge in [-0.15, -0.1) is 0 Å². The molecule has 1 aliphatic rings. The third-order valence-electron chi connectivity index (χ3n) is 3.79. The quantitative estimate of drug-likeness (QED) is 0.814. The molecule has 132 valence electrons. The molecular weight excluding hydrogens is 349 g/mol. The summed E-state index contributed by atoms with van der Waals surface area (Å²) in [5.74, 6) is 0. The van der Waals surface area contributed by atoms with Gasteiger partial charge >= 0.3 is 6.09 Å². The summed E-state index contributed by atoms with van der Waals surface area (Å²) >= 11 is 12.1. The number of halogens is 2. The Kier molecular flexibility index (Phi) is 6.18. The normalized spacial score (nSPS) is 16.2. The maximum atomic E-state index is 12.4. The second-order valence-electron chi connectivity index (χ2n) is 6.87. The molecule has 1 amide bonds. The number of carbonyl (C=O) groups is 1. The Balaban J connectivity index is 2.32. The zero-order valence-electron chi connectivity index (χ0n) is 14.2. The number of nitrogens with zero attached hydrogens (tertiary/aromatic N) is 1. The summed E-state index contributed by atoms with van der Waals surface area (Å²) in [5, 5.41) is 10.7. The van der Waals surface area contributed by atoms with E-state index in [2.05, 4.69) is 0 Å². The molecule has 0 aromatic heterocycles. The number of amides is 1. The van der Waals surface area contributed by atoms with Crippen molar-refractivity contribution < 1.29 is 14.6 Å². The van der Waals surface area contributed by atoms with Crippen molar-refractivity contribution in [3.8, 4) is 0 Å². The zero-order valence-corrected chi connectivity index (χ0v) is 15.7. The molecule has 1 N–H and O–H groups in total. The van der Waals surface area contributed by atoms with Crippen LogP contribution in [0.1, 0.15) is 39.2 Å². The molecule has 0 saturated carbocycles. The number of hydrogen-bond donors (Lipinski definition) is 1. The van der Waals surface area contributed by atoms with Crippen molar-refractivity contribution in [2.45, 2.75) is 39.2 Å². The van der Waals surface area contributed by atoms with E-state index in [9.17, 15) is 9.90 Å². The Morgan fingerprint density at radius 2 is 2.00 bits per heavy atom. The molecule has 2 rings (SSSR count). The minimum Gasteiger partial charge on any atom is -0.444 e. The number of benzene rings is 1. The molecule has 1 aromatic rings. The van der Waals surface area contributed by atoms with Gasteiger partial charge in [-0.3, -0.25) is 0 Å². The van der Waals surface area contributed by atoms with E-state index in [4.69, 9.17) is 27.9 Å². The van der Waals surface area contributed by atoms with Crippen LogP contribution in [0.25, 0.3) is 5.57 Å². The van der Waals surface area contributed by atoms with Crippen molar-refractivity contribution in [3.63, 3.8) is 0 Å². The largest absolute Gasteiger partial charge is 0.444 e. The maximum Gasteiger partial charge on any atom is 0.410 e. The summed E-state index contributed by atoms with van der Waals surface area (Å²) in [6.07, 6.45) is 1.16. The van der Waals surface area contributed by atoms with E-state index in [1.165, 1.54) is 0 Å². The number of ether oxygens (including phenoxy) is 1. The molecule has 24 heavy (non-hydrogen) atoms. The lowest BCUT2D eigenvalue weighted by atomic mass is 9.98. The average Bonchev–Trinajstić information content (AvgIpc) is 2.70. The summed E-state index contributed by atoms with van der Waals surface area (Å²) in [6, 6.07) is 5.36. The van der Waals surface area contributed by atoms with Gasteiger partial charge in [-0.2, -0.15) is 0 Å². The Morgan fingerprint density at radius 3 is 2.58 bits per heavy atom. The van der Waals surface area contributed by atoms with Gasteiger partial charge in [0, 0.05) is 13.1 Å². The van der Waals surface area contributed by atoms with Crippen LogP contribution in [-0.4, -0.2) is 41.4 Å². The molecule has 0 atom stereocenters. The van der Waals surface area contributed by atoms with Crippen LogP contribution < -0.4 is 0 Å². The van der Waals surface area contributed by atoms with Crippen molar-refractivity contribution in [3.05, 3.63) is 39.4 Å². The van der Waals surface area contributed by atoms with Gasteiger partial charge in [-0.1, -0.05) is 29.3 Å². The predicted octanol–water partition coefficient (Wildman–Crippen LogP) is 4.77. The molecule has 6 heteroatoms. The third kappa shape index (κ3) is 4.88. The Hall–Kier alpha value is -1.23. The van der Waals surface area contributed by atoms with Crippen molar-refractivity contribution >= 4 is 34.9 Å². The lowest BCUT2D eigenvalue weighted by molar-refractivity contribution is 0.0276. The zero-order chi connectivity index (χ0) is 17.9. The summed E-state index contributed by atoms with van der Waals surface area (Å²) in [7, 11) is 0. The fraction of sp³-hybridized carbons (Fsp3) is 0.500. The Bertz CT molecular complexity index is 650. The fourth-order valence-electron chi connectivity index (χ4n) is 2.65. The number of aliphatic hydroxyl groups excluding tert-OH is 1. The topological polar surface area (TPSA) is 49.8 Å². The van der Waals surface area contributed by atoms with Crippen molar-refractivity contribution in [1.29, 1.82) is 0 Å². The summed E-state index contributed by atoms with van der Waals surface area (Å²) < 4.78 is 5.48. The van der Waals surface area contributed by atoms with E-state index in [0.29, 0.717) is 23.1 Å². The van der Waals surface area contributed by atoms with Crippen LogP contribution in [0.5, 0.6) is 0 Å². The van der Waals surface area contributed by atoms with Gasteiger partial charge < -0.3 is 14.7 Å². The van der Waals surface area contributed by atoms with Crippen LogP contribution in [-0.2, 0) is 4.74 Å². The number of hydrogen-bond acceptors (Lipinski definition) is 3. The number of carbonyl (C=O) groups excluding carboxylic acids is 1. The lowest BCUT2D eigenvalue weighted by Crippen LogP contribution is -2.37. The molecular formula is C18H23Cl2NO3. The number of rotatable bonds is 2. The number of aliphatic hydroxyl groups is 1. The van der Waals surface area contributed by atoms with Crippen LogP contribution in [0.2, 0.25) is 10.0 Å². The molecule has 0 aliphatic carbocycles. The molecule has 0 unspecified atom stereocenters. The molecule has 1 aromatic carbocycles. The molecule has 1 heterocycles. The SMILES string of the molecule is CC(C)(C)OC(=O)N1CCCC(CO)=C(c2ccc(Cl)c(Cl)c2)C1. The van der Waals surface area contributed by atoms with Crippen LogP contribution in [0.4, 0.5) is 4.79 Å². The minimum atomic E-state index is -0.545. The van der Waals surface area contributed by atoms with E-state index < -0.39 is 5.60 Å². The second-order valence-corrected chi connectivity index (χ2v) is 7.69. The van der Waals surface area contributed by atoms with Crippen LogP contribution in [0, 0.1) is 0 Å². The van der Waals surface area contributed by atoms with Gasteiger partial charge in [0.15, 0.2) is 0 Å². The Labute approximate surface area is 153 Å². The van der Waals surface area contributed by atoms with Crippen LogP contribution in [0.3, 0.4) is 0 Å². The van der Waals surface area contributed by atoms with Crippen molar-refractivity contribution in [1.82, 2.24) is 4.90 Å². The highest BCUT2D eigenvalue weighted by atomic mass is 35.5. The first-order valence-electron chi connectivity index (χ1n) is 7.96. The first-order chi connectivity index (χ1) is 11.2. The maximum absolute atomic E-state index is 12.4. The summed E-state index contributed by atoms with van der Waals surface area (Å²) in [5.41, 5.74) is 2.14. The van der Waals surface area contributed by atoms with Gasteiger partial charge in [0.25, 0.3) is 0 Å². The molecule has 1 aliphatic heterocycles. The van der Waals surface area contributed by atoms with Gasteiger partial charge in [0.1, 0.15) is 5.60 Å². The second kappa shape index (κ2) is 7.77. The molecule has 0 radical (unpaired) electrons. The molecule has 0 fully saturated rings. The van der Waals surface area contributed by atoms with E-state index in [1.807, 2.05) is 26.8 Å². The van der Waals surface area contributed by atoms with E-state index >= 15 is 0 Å². The van der Waals surface area contributed by atoms with Gasteiger partial charge in [0.05, 0.1) is 16.7 Å². The third-order valence-corrected chi connectivity index (χ3v) is 4.53. The van der Waals surface area contributed by atoms with Gasteiger partial charge in [-0.25, -0.2) is 4.79 Å². The summed E-state index contributed by atoms with van der Waals surface area (Å²) in [4.78, 5) is 14.1. The van der Waals surface area contributed by atoms with Gasteiger partial charge in [0.2, 0.25) is 0 Å². The first kappa shape index (κ1) is 19.1. The highest BCUT2D eigenvalue weighted by molar-refractivity contribution is 6.42. The predicted molar refractivity (Wildman–Crippen MR) is 97.5 cm³/mol. The first-order valence-corrected chi connectivity index (χ1v) is 8.72. The monoisotopic (exact) mass is 371 g/mol. The van der Waals surface area contributed by atoms with Crippen LogP contribution >= 0.6 is 23.2 Å². The van der Waals surface area contributed by atoms with E-state index in [1.54, 1.807) is 17.0 Å². The molecule has 0 spiro atoms. The van der Waals surface area contributed by atoms with E-state index in [0.717, 1.165) is 29.6 Å². The van der Waals surface area contributed by atoms with Crippen molar-refractivity contribution in [2.75, 3.05) is 19.7 Å². The van der Waals surface area contributed by atoms with Crippen molar-refractivity contribution in [2.24, 2.45) is 0 Å². The molecule has 0 saturated heterocycles. The highest BCUT2D eigenvalue weighted by Crippen LogP contribution is 2.31.